The van der Waals surface area contributed by atoms with Gasteiger partial charge in [-0.25, -0.2) is 4.98 Å². The number of likely N-dealkylation sites (N-methyl/N-ethyl adjacent to an activating group) is 1. The lowest BCUT2D eigenvalue weighted by atomic mass is 10.1. The fourth-order valence-electron chi connectivity index (χ4n) is 2.72. The molecule has 1 heterocycles. The highest BCUT2D eigenvalue weighted by Crippen LogP contribution is 2.22. The van der Waals surface area contributed by atoms with Crippen molar-refractivity contribution >= 4 is 17.9 Å². The van der Waals surface area contributed by atoms with Gasteiger partial charge in [-0.1, -0.05) is 42.5 Å². The van der Waals surface area contributed by atoms with E-state index in [1.807, 2.05) is 37.4 Å². The minimum Gasteiger partial charge on any atom is -0.435 e. The molecule has 0 saturated carbocycles. The zero-order valence-electron chi connectivity index (χ0n) is 14.3. The molecule has 3 aromatic rings. The van der Waals surface area contributed by atoms with Crippen LogP contribution in [-0.2, 0) is 11.2 Å². The van der Waals surface area contributed by atoms with Crippen molar-refractivity contribution < 1.29 is 14.0 Å². The smallest absolute Gasteiger partial charge is 0.231 e. The Labute approximate surface area is 151 Å². The van der Waals surface area contributed by atoms with Crippen molar-refractivity contribution in [3.63, 3.8) is 0 Å². The van der Waals surface area contributed by atoms with E-state index in [0.717, 1.165) is 5.56 Å². The van der Waals surface area contributed by atoms with E-state index in [0.29, 0.717) is 30.0 Å². The van der Waals surface area contributed by atoms with Crippen LogP contribution in [-0.4, -0.2) is 24.2 Å². The molecule has 6 nitrogen and oxygen atoms in total. The fourth-order valence-corrected chi connectivity index (χ4v) is 2.72. The van der Waals surface area contributed by atoms with Gasteiger partial charge >= 0.3 is 0 Å². The van der Waals surface area contributed by atoms with Gasteiger partial charge in [0.25, 0.3) is 0 Å². The Morgan fingerprint density at radius 2 is 1.88 bits per heavy atom. The zero-order chi connectivity index (χ0) is 18.4. The van der Waals surface area contributed by atoms with E-state index in [-0.39, 0.29) is 17.6 Å². The van der Waals surface area contributed by atoms with Gasteiger partial charge in [-0.2, -0.15) is 0 Å². The maximum atomic E-state index is 12.7. The number of oxazole rings is 1. The number of aromatic nitrogens is 1. The number of carbonyl (C=O) groups excluding carboxylic acids is 2. The number of nitrogens with one attached hydrogen (secondary N) is 2. The molecule has 3 rings (SSSR count). The Bertz CT molecular complexity index is 890. The average molecular weight is 349 g/mol. The van der Waals surface area contributed by atoms with Gasteiger partial charge in [-0.05, 0) is 31.2 Å². The molecular formula is C20H19N3O3. The summed E-state index contributed by atoms with van der Waals surface area (Å²) in [4.78, 5) is 27.7. The van der Waals surface area contributed by atoms with E-state index in [4.69, 9.17) is 4.42 Å². The third kappa shape index (κ3) is 3.87. The quantitative estimate of drug-likeness (QED) is 0.482. The molecule has 1 atom stereocenters. The number of ketones is 1. The van der Waals surface area contributed by atoms with Gasteiger partial charge in [-0.3, -0.25) is 9.59 Å². The molecule has 0 bridgehead atoms. The summed E-state index contributed by atoms with van der Waals surface area (Å²) < 4.78 is 5.72. The standard InChI is InChI=1S/C20H19N3O3/c1-21-17(11-14-7-3-2-4-8-14)20-22-12-18(26-20)19(25)15-9-5-6-10-16(15)23-13-24/h2-10,12-13,17,21H,11H2,1H3,(H,23,24). The van der Waals surface area contributed by atoms with Crippen LogP contribution in [0.15, 0.2) is 65.2 Å². The van der Waals surface area contributed by atoms with Gasteiger partial charge in [0.2, 0.25) is 18.1 Å². The van der Waals surface area contributed by atoms with Crippen molar-refractivity contribution in [3.05, 3.63) is 83.6 Å². The normalized spacial score (nSPS) is 11.7. The van der Waals surface area contributed by atoms with Gasteiger partial charge in [-0.15, -0.1) is 0 Å². The van der Waals surface area contributed by atoms with Crippen LogP contribution >= 0.6 is 0 Å². The lowest BCUT2D eigenvalue weighted by molar-refractivity contribution is -0.105. The van der Waals surface area contributed by atoms with Crippen LogP contribution in [0.5, 0.6) is 0 Å². The van der Waals surface area contributed by atoms with Gasteiger partial charge in [0.05, 0.1) is 17.9 Å². The zero-order valence-corrected chi connectivity index (χ0v) is 14.3. The summed E-state index contributed by atoms with van der Waals surface area (Å²) in [6.45, 7) is 0. The highest BCUT2D eigenvalue weighted by Gasteiger charge is 2.21. The van der Waals surface area contributed by atoms with E-state index in [1.165, 1.54) is 6.20 Å². The number of hydrogen-bond donors (Lipinski definition) is 2. The monoisotopic (exact) mass is 349 g/mol. The first-order valence-corrected chi connectivity index (χ1v) is 8.23. The van der Waals surface area contributed by atoms with E-state index in [9.17, 15) is 9.59 Å². The number of carbonyl (C=O) groups is 2. The van der Waals surface area contributed by atoms with E-state index in [2.05, 4.69) is 15.6 Å². The number of anilines is 1. The summed E-state index contributed by atoms with van der Waals surface area (Å²) in [5.41, 5.74) is 1.92. The maximum absolute atomic E-state index is 12.7. The van der Waals surface area contributed by atoms with Crippen LogP contribution < -0.4 is 10.6 Å². The molecule has 0 aliphatic rings. The first-order chi connectivity index (χ1) is 12.7. The third-order valence-electron chi connectivity index (χ3n) is 4.06. The summed E-state index contributed by atoms with van der Waals surface area (Å²) in [5, 5.41) is 5.69. The summed E-state index contributed by atoms with van der Waals surface area (Å²) in [6, 6.07) is 16.6. The molecule has 1 aromatic heterocycles. The lowest BCUT2D eigenvalue weighted by Crippen LogP contribution is -2.19. The van der Waals surface area contributed by atoms with Crippen molar-refractivity contribution in [3.8, 4) is 0 Å². The van der Waals surface area contributed by atoms with Crippen molar-refractivity contribution in [2.75, 3.05) is 12.4 Å². The Balaban J connectivity index is 1.82. The predicted molar refractivity (Wildman–Crippen MR) is 98.0 cm³/mol. The lowest BCUT2D eigenvalue weighted by Gasteiger charge is -2.12. The highest BCUT2D eigenvalue weighted by molar-refractivity contribution is 6.11. The van der Waals surface area contributed by atoms with Gasteiger partial charge in [0.15, 0.2) is 5.76 Å². The molecule has 132 valence electrons. The molecule has 6 heteroatoms. The maximum Gasteiger partial charge on any atom is 0.231 e. The van der Waals surface area contributed by atoms with Crippen LogP contribution in [0.3, 0.4) is 0 Å². The first kappa shape index (κ1) is 17.6. The molecule has 0 spiro atoms. The first-order valence-electron chi connectivity index (χ1n) is 8.23. The van der Waals surface area contributed by atoms with Crippen LogP contribution in [0.25, 0.3) is 0 Å². The summed E-state index contributed by atoms with van der Waals surface area (Å²) in [6.07, 6.45) is 2.65. The highest BCUT2D eigenvalue weighted by atomic mass is 16.4. The number of para-hydroxylation sites is 1. The molecule has 1 amide bonds. The summed E-state index contributed by atoms with van der Waals surface area (Å²) in [5.74, 6) is 0.247. The van der Waals surface area contributed by atoms with E-state index in [1.54, 1.807) is 24.3 Å². The van der Waals surface area contributed by atoms with Gasteiger partial charge in [0.1, 0.15) is 0 Å². The Morgan fingerprint density at radius 3 is 2.62 bits per heavy atom. The molecule has 0 fully saturated rings. The second kappa shape index (κ2) is 8.22. The minimum atomic E-state index is -0.330. The van der Waals surface area contributed by atoms with Gasteiger partial charge in [0, 0.05) is 5.56 Å². The van der Waals surface area contributed by atoms with Crippen LogP contribution in [0.4, 0.5) is 5.69 Å². The minimum absolute atomic E-state index is 0.133. The number of rotatable bonds is 8. The second-order valence-corrected chi connectivity index (χ2v) is 5.73. The Morgan fingerprint density at radius 1 is 1.15 bits per heavy atom. The number of amides is 1. The molecule has 26 heavy (non-hydrogen) atoms. The third-order valence-corrected chi connectivity index (χ3v) is 4.06. The van der Waals surface area contributed by atoms with E-state index >= 15 is 0 Å². The Kier molecular flexibility index (Phi) is 5.56. The summed E-state index contributed by atoms with van der Waals surface area (Å²) in [7, 11) is 1.82. The SMILES string of the molecule is CNC(Cc1ccccc1)c1ncc(C(=O)c2ccccc2NC=O)o1. The topological polar surface area (TPSA) is 84.2 Å². The molecule has 1 unspecified atom stereocenters. The predicted octanol–water partition coefficient (Wildman–Crippen LogP) is 2.98. The number of hydrogen-bond acceptors (Lipinski definition) is 5. The van der Waals surface area contributed by atoms with E-state index < -0.39 is 0 Å². The molecular weight excluding hydrogens is 330 g/mol. The van der Waals surface area contributed by atoms with Gasteiger partial charge < -0.3 is 15.1 Å². The molecule has 0 aliphatic heterocycles. The fraction of sp³-hybridized carbons (Fsp3) is 0.150. The van der Waals surface area contributed by atoms with Crippen molar-refractivity contribution in [2.45, 2.75) is 12.5 Å². The molecule has 0 aliphatic carbocycles. The average Bonchev–Trinajstić information content (AvgIpc) is 3.17. The summed E-state index contributed by atoms with van der Waals surface area (Å²) >= 11 is 0. The van der Waals surface area contributed by atoms with Crippen molar-refractivity contribution in [1.29, 1.82) is 0 Å². The molecule has 0 radical (unpaired) electrons. The molecule has 0 saturated heterocycles. The van der Waals surface area contributed by atoms with Crippen molar-refractivity contribution in [1.82, 2.24) is 10.3 Å². The molecule has 2 N–H and O–H groups in total. The molecule has 2 aromatic carbocycles. The largest absolute Gasteiger partial charge is 0.435 e. The number of benzene rings is 2. The Hall–Kier alpha value is -3.25. The van der Waals surface area contributed by atoms with Crippen LogP contribution in [0.2, 0.25) is 0 Å². The second-order valence-electron chi connectivity index (χ2n) is 5.73. The number of nitrogens with zero attached hydrogens (tertiary/aromatic N) is 1. The van der Waals surface area contributed by atoms with Crippen LogP contribution in [0.1, 0.15) is 33.6 Å². The van der Waals surface area contributed by atoms with Crippen molar-refractivity contribution in [2.24, 2.45) is 0 Å². The van der Waals surface area contributed by atoms with Crippen LogP contribution in [0, 0.1) is 0 Å².